The molecule has 0 radical (unpaired) electrons. The van der Waals surface area contributed by atoms with Gasteiger partial charge < -0.3 is 0 Å². The first-order valence-corrected chi connectivity index (χ1v) is 4.16. The molecule has 0 saturated carbocycles. The van der Waals surface area contributed by atoms with Crippen LogP contribution in [0.2, 0.25) is 0 Å². The lowest BCUT2D eigenvalue weighted by atomic mass is 11.4. The average molecular weight is 231 g/mol. The quantitative estimate of drug-likeness (QED) is 0.441. The summed E-state index contributed by atoms with van der Waals surface area (Å²) in [6.45, 7) is 0. The summed E-state index contributed by atoms with van der Waals surface area (Å²) in [7, 11) is -9.44. The Morgan fingerprint density at radius 1 is 1.00 bits per heavy atom. The lowest BCUT2D eigenvalue weighted by Crippen LogP contribution is -1.99. The number of halogens is 6. The van der Waals surface area contributed by atoms with Gasteiger partial charge in [-0.25, -0.2) is 0 Å². The molecule has 0 amide bonds. The lowest BCUT2D eigenvalue weighted by Gasteiger charge is -2.33. The van der Waals surface area contributed by atoms with Crippen LogP contribution in [-0.4, -0.2) is 0 Å². The van der Waals surface area contributed by atoms with E-state index in [0.29, 0.717) is 0 Å². The van der Waals surface area contributed by atoms with E-state index < -0.39 is 10.2 Å². The molecule has 0 nitrogen and oxygen atoms in total. The van der Waals surface area contributed by atoms with Crippen molar-refractivity contribution < 1.29 is 19.4 Å². The first-order valence-electron chi connectivity index (χ1n) is 1.41. The maximum atomic E-state index is 11.0. The third-order valence-corrected chi connectivity index (χ3v) is 1.18. The van der Waals surface area contributed by atoms with Gasteiger partial charge >= 0.3 is 10.2 Å². The fourth-order valence-corrected chi connectivity index (χ4v) is 1.14. The topological polar surface area (TPSA) is 0 Å². The average Bonchev–Trinajstić information content (AvgIpc) is 1.22. The second kappa shape index (κ2) is 1.37. The molecule has 0 rings (SSSR count). The van der Waals surface area contributed by atoms with Crippen LogP contribution < -0.4 is 0 Å². The Morgan fingerprint density at radius 2 is 1.33 bits per heavy atom. The lowest BCUT2D eigenvalue weighted by molar-refractivity contribution is 0.389. The molecule has 0 aromatic rings. The summed E-state index contributed by atoms with van der Waals surface area (Å²) in [6, 6.07) is 0. The van der Waals surface area contributed by atoms with Crippen molar-refractivity contribution in [1.29, 1.82) is 0 Å². The van der Waals surface area contributed by atoms with E-state index in [2.05, 4.69) is 0 Å². The van der Waals surface area contributed by atoms with Crippen molar-refractivity contribution in [3.63, 3.8) is 0 Å². The Balaban J connectivity index is 4.93. The van der Waals surface area contributed by atoms with E-state index in [1.807, 2.05) is 15.9 Å². The van der Waals surface area contributed by atoms with Crippen LogP contribution in [0.15, 0.2) is 0 Å². The predicted octanol–water partition coefficient (Wildman–Crippen LogP) is 3.60. The van der Waals surface area contributed by atoms with Crippen LogP contribution in [0.1, 0.15) is 0 Å². The number of hydrogen-bond acceptors (Lipinski definition) is 0. The summed E-state index contributed by atoms with van der Waals surface area (Å²) in [5.74, 6) is 0. The van der Waals surface area contributed by atoms with Gasteiger partial charge in [-0.05, 0) is 4.83 Å². The van der Waals surface area contributed by atoms with Gasteiger partial charge in [-0.3, -0.25) is 0 Å². The van der Waals surface area contributed by atoms with Gasteiger partial charge in [-0.1, -0.05) is 19.4 Å². The first kappa shape index (κ1) is 9.04. The Kier molecular flexibility index (Phi) is 1.38. The van der Waals surface area contributed by atoms with E-state index in [4.69, 9.17) is 0 Å². The Hall–Kier alpha value is 0.0400. The minimum atomic E-state index is -9.44. The minimum absolute atomic E-state index is 0.111. The van der Waals surface area contributed by atoms with Crippen molar-refractivity contribution in [3.05, 3.63) is 0 Å². The molecule has 0 N–H and O–H groups in total. The zero-order valence-corrected chi connectivity index (χ0v) is 6.08. The number of hydrogen-bond donors (Lipinski definition) is 0. The van der Waals surface area contributed by atoms with Gasteiger partial charge in [0.25, 0.3) is 0 Å². The summed E-state index contributed by atoms with van der Waals surface area (Å²) in [5, 5.41) is -0.111. The summed E-state index contributed by atoms with van der Waals surface area (Å²) in [4.78, 5) is 0.929. The zero-order chi connectivity index (χ0) is 7.82. The highest BCUT2D eigenvalue weighted by atomic mass is 79.9. The summed E-state index contributed by atoms with van der Waals surface area (Å²) < 4.78 is 55.1. The predicted molar refractivity (Wildman–Crippen MR) is 29.8 cm³/mol. The molecule has 0 aliphatic carbocycles. The van der Waals surface area contributed by atoms with Crippen molar-refractivity contribution in [2.75, 3.05) is 0 Å². The Labute approximate surface area is 56.3 Å². The molecule has 9 heavy (non-hydrogen) atoms. The van der Waals surface area contributed by atoms with Crippen molar-refractivity contribution >= 4 is 26.2 Å². The Morgan fingerprint density at radius 3 is 1.33 bits per heavy atom. The van der Waals surface area contributed by atoms with Gasteiger partial charge in [0.1, 0.15) is 0 Å². The van der Waals surface area contributed by atoms with E-state index in [1.54, 1.807) is 0 Å². The molecular weight excluding hydrogens is 231 g/mol. The maximum Gasteiger partial charge on any atom is 0.345 e. The molecule has 0 aromatic heterocycles. The normalized spacial score (nSPS) is 18.9. The fourth-order valence-electron chi connectivity index (χ4n) is 0.0729. The second-order valence-electron chi connectivity index (χ2n) is 1.17. The SMILES string of the molecule is FS(F)(F)(F)(F)C#CBr. The highest BCUT2D eigenvalue weighted by Crippen LogP contribution is 2.97. The van der Waals surface area contributed by atoms with E-state index in [1.165, 1.54) is 0 Å². The third kappa shape index (κ3) is 8.04. The van der Waals surface area contributed by atoms with Crippen molar-refractivity contribution in [2.24, 2.45) is 0 Å². The molecule has 7 heteroatoms. The highest BCUT2D eigenvalue weighted by Gasteiger charge is 2.62. The number of rotatable bonds is 0. The molecule has 0 saturated heterocycles. The molecule has 0 spiro atoms. The molecule has 0 heterocycles. The standard InChI is InChI=1S/C2BrF5S/c3-1-2-9(4,5,6,7)8. The first-order chi connectivity index (χ1) is 3.54. The van der Waals surface area contributed by atoms with Gasteiger partial charge in [0.15, 0.2) is 0 Å². The van der Waals surface area contributed by atoms with Gasteiger partial charge in [0, 0.05) is 15.9 Å². The Bertz CT molecular complexity index is 176. The molecular formula is C2BrF5S. The molecule has 0 unspecified atom stereocenters. The van der Waals surface area contributed by atoms with E-state index in [9.17, 15) is 19.4 Å². The second-order valence-corrected chi connectivity index (χ2v) is 3.70. The van der Waals surface area contributed by atoms with Crippen LogP contribution in [0.4, 0.5) is 19.4 Å². The van der Waals surface area contributed by atoms with Gasteiger partial charge in [-0.15, -0.1) is 0 Å². The fraction of sp³-hybridized carbons (Fsp3) is 0. The van der Waals surface area contributed by atoms with Crippen LogP contribution in [-0.2, 0) is 0 Å². The van der Waals surface area contributed by atoms with Gasteiger partial charge in [-0.2, -0.15) is 0 Å². The highest BCUT2D eigenvalue weighted by molar-refractivity contribution is 9.12. The van der Waals surface area contributed by atoms with E-state index >= 15 is 0 Å². The largest absolute Gasteiger partial charge is 0.345 e. The van der Waals surface area contributed by atoms with Crippen LogP contribution >= 0.6 is 26.2 Å². The summed E-state index contributed by atoms with van der Waals surface area (Å²) >= 11 is 1.92. The molecule has 56 valence electrons. The third-order valence-electron chi connectivity index (χ3n) is 0.231. The van der Waals surface area contributed by atoms with Gasteiger partial charge in [0.05, 0.1) is 5.25 Å². The van der Waals surface area contributed by atoms with Crippen LogP contribution in [0.5, 0.6) is 0 Å². The van der Waals surface area contributed by atoms with Crippen molar-refractivity contribution in [3.8, 4) is 10.1 Å². The molecule has 0 aromatic carbocycles. The summed E-state index contributed by atoms with van der Waals surface area (Å²) in [5.41, 5.74) is 0. The van der Waals surface area contributed by atoms with Crippen molar-refractivity contribution in [2.45, 2.75) is 0 Å². The summed E-state index contributed by atoms with van der Waals surface area (Å²) in [6.07, 6.45) is 0. The zero-order valence-electron chi connectivity index (χ0n) is 3.68. The molecule has 0 bridgehead atoms. The molecule has 0 aliphatic rings. The van der Waals surface area contributed by atoms with Crippen LogP contribution in [0, 0.1) is 10.1 Å². The monoisotopic (exact) mass is 230 g/mol. The van der Waals surface area contributed by atoms with Crippen LogP contribution in [0.25, 0.3) is 0 Å². The van der Waals surface area contributed by atoms with Crippen molar-refractivity contribution in [1.82, 2.24) is 0 Å². The maximum absolute atomic E-state index is 11.0. The van der Waals surface area contributed by atoms with E-state index in [-0.39, 0.29) is 5.25 Å². The molecule has 0 atom stereocenters. The molecule has 0 aliphatic heterocycles. The smallest absolute Gasteiger partial charge is 0.0873 e. The van der Waals surface area contributed by atoms with Crippen LogP contribution in [0.3, 0.4) is 0 Å². The minimum Gasteiger partial charge on any atom is -0.0873 e. The van der Waals surface area contributed by atoms with E-state index in [0.717, 1.165) is 4.83 Å². The van der Waals surface area contributed by atoms with Gasteiger partial charge in [0.2, 0.25) is 0 Å². The molecule has 0 fully saturated rings.